The Labute approximate surface area is 204 Å². The van der Waals surface area contributed by atoms with Crippen LogP contribution in [0, 0.1) is 0 Å². The van der Waals surface area contributed by atoms with Crippen molar-refractivity contribution in [1.82, 2.24) is 20.2 Å². The number of pyridine rings is 1. The molecule has 0 saturated heterocycles. The molecular formula is C24H22N6O2S2. The van der Waals surface area contributed by atoms with Crippen LogP contribution in [0.5, 0.6) is 0 Å². The van der Waals surface area contributed by atoms with Gasteiger partial charge in [-0.2, -0.15) is 0 Å². The number of nitrogens with one attached hydrogen (secondary N) is 3. The molecule has 0 atom stereocenters. The lowest BCUT2D eigenvalue weighted by Gasteiger charge is -2.13. The first-order valence-corrected chi connectivity index (χ1v) is 12.7. The van der Waals surface area contributed by atoms with Gasteiger partial charge in [-0.3, -0.25) is 19.7 Å². The zero-order valence-corrected chi connectivity index (χ0v) is 19.8. The number of aromatic amines is 1. The molecule has 3 heterocycles. The molecule has 1 aliphatic carbocycles. The molecular weight excluding hydrogens is 468 g/mol. The van der Waals surface area contributed by atoms with Gasteiger partial charge in [0.1, 0.15) is 5.00 Å². The van der Waals surface area contributed by atoms with Gasteiger partial charge < -0.3 is 10.6 Å². The molecule has 0 aliphatic heterocycles. The highest BCUT2D eigenvalue weighted by Gasteiger charge is 2.26. The number of carbonyl (C=O) groups excluding carboxylic acids is 2. The van der Waals surface area contributed by atoms with Gasteiger partial charge in [-0.05, 0) is 55.5 Å². The maximum absolute atomic E-state index is 13.2. The summed E-state index contributed by atoms with van der Waals surface area (Å²) < 4.78 is 0. The lowest BCUT2D eigenvalue weighted by atomic mass is 9.95. The Morgan fingerprint density at radius 2 is 1.82 bits per heavy atom. The summed E-state index contributed by atoms with van der Waals surface area (Å²) in [5.41, 5.74) is 3.24. The third-order valence-electron chi connectivity index (χ3n) is 5.43. The van der Waals surface area contributed by atoms with Gasteiger partial charge in [-0.15, -0.1) is 16.4 Å². The predicted octanol–water partition coefficient (Wildman–Crippen LogP) is 4.79. The van der Waals surface area contributed by atoms with Crippen LogP contribution in [0.3, 0.4) is 0 Å². The lowest BCUT2D eigenvalue weighted by molar-refractivity contribution is -0.113. The van der Waals surface area contributed by atoms with E-state index >= 15 is 0 Å². The fourth-order valence-corrected chi connectivity index (χ4v) is 5.75. The fourth-order valence-electron chi connectivity index (χ4n) is 3.85. The second-order valence-electron chi connectivity index (χ2n) is 7.77. The molecule has 3 N–H and O–H groups in total. The highest BCUT2D eigenvalue weighted by Crippen LogP contribution is 2.38. The summed E-state index contributed by atoms with van der Waals surface area (Å²) in [4.78, 5) is 35.6. The number of nitrogens with zero attached hydrogens (tertiary/aromatic N) is 3. The van der Waals surface area contributed by atoms with Crippen LogP contribution in [0.15, 0.2) is 60.0 Å². The van der Waals surface area contributed by atoms with E-state index in [1.165, 1.54) is 28.0 Å². The number of fused-ring (bicyclic) bond motifs is 1. The largest absolute Gasteiger partial charge is 0.322 e. The number of amides is 2. The summed E-state index contributed by atoms with van der Waals surface area (Å²) in [6.07, 6.45) is 7.30. The zero-order valence-electron chi connectivity index (χ0n) is 18.2. The van der Waals surface area contributed by atoms with Crippen LogP contribution < -0.4 is 10.6 Å². The van der Waals surface area contributed by atoms with Gasteiger partial charge in [-0.25, -0.2) is 4.98 Å². The molecule has 172 valence electrons. The topological polar surface area (TPSA) is 113 Å². The van der Waals surface area contributed by atoms with Gasteiger partial charge in [0, 0.05) is 28.5 Å². The van der Waals surface area contributed by atoms with Gasteiger partial charge in [0.25, 0.3) is 5.91 Å². The molecule has 0 spiro atoms. The van der Waals surface area contributed by atoms with Crippen LogP contribution in [0.4, 0.5) is 10.7 Å². The number of aryl methyl sites for hydroxylation is 1. The minimum atomic E-state index is -0.201. The molecule has 3 aromatic heterocycles. The van der Waals surface area contributed by atoms with E-state index in [9.17, 15) is 9.59 Å². The van der Waals surface area contributed by atoms with E-state index in [0.717, 1.165) is 42.5 Å². The van der Waals surface area contributed by atoms with Gasteiger partial charge in [-0.1, -0.05) is 30.0 Å². The van der Waals surface area contributed by atoms with Crippen molar-refractivity contribution in [2.24, 2.45) is 0 Å². The third-order valence-corrected chi connectivity index (χ3v) is 7.49. The van der Waals surface area contributed by atoms with Gasteiger partial charge >= 0.3 is 0 Å². The Balaban J connectivity index is 1.28. The van der Waals surface area contributed by atoms with Gasteiger partial charge in [0.2, 0.25) is 11.1 Å². The number of rotatable bonds is 7. The molecule has 0 fully saturated rings. The van der Waals surface area contributed by atoms with Crippen LogP contribution in [0.2, 0.25) is 0 Å². The average molecular weight is 491 g/mol. The quantitative estimate of drug-likeness (QED) is 0.321. The summed E-state index contributed by atoms with van der Waals surface area (Å²) in [5.74, 6) is 0.365. The standard InChI is InChI=1S/C24H22N6O2S2/c31-19(14-33-24-28-21(29-30-24)15-10-12-25-13-11-15)27-23-20(17-8-4-5-9-18(17)34-23)22(32)26-16-6-2-1-3-7-16/h1-3,6-7,10-13H,4-5,8-9,14H2,(H,26,32)(H,27,31)(H,28,29,30). The number of H-pyrrole nitrogens is 1. The molecule has 0 saturated carbocycles. The number of thioether (sulfide) groups is 1. The van der Waals surface area contributed by atoms with Crippen LogP contribution in [-0.2, 0) is 17.6 Å². The number of thiophene rings is 1. The monoisotopic (exact) mass is 490 g/mol. The number of hydrogen-bond acceptors (Lipinski definition) is 7. The summed E-state index contributed by atoms with van der Waals surface area (Å²) in [7, 11) is 0. The Kier molecular flexibility index (Phi) is 6.68. The molecule has 0 bridgehead atoms. The molecule has 1 aliphatic rings. The van der Waals surface area contributed by atoms with Crippen molar-refractivity contribution >= 4 is 45.6 Å². The first kappa shape index (κ1) is 22.3. The highest BCUT2D eigenvalue weighted by molar-refractivity contribution is 7.99. The fraction of sp³-hybridized carbons (Fsp3) is 0.208. The van der Waals surface area contributed by atoms with Crippen LogP contribution >= 0.6 is 23.1 Å². The van der Waals surface area contributed by atoms with E-state index in [1.54, 1.807) is 12.4 Å². The third kappa shape index (κ3) is 5.02. The molecule has 1 aromatic carbocycles. The number of hydrogen-bond donors (Lipinski definition) is 3. The maximum atomic E-state index is 13.2. The zero-order chi connectivity index (χ0) is 23.3. The molecule has 0 radical (unpaired) electrons. The van der Waals surface area contributed by atoms with Crippen LogP contribution in [0.1, 0.15) is 33.6 Å². The number of para-hydroxylation sites is 1. The smallest absolute Gasteiger partial charge is 0.258 e. The number of benzene rings is 1. The van der Waals surface area contributed by atoms with Crippen LogP contribution in [-0.4, -0.2) is 37.7 Å². The summed E-state index contributed by atoms with van der Waals surface area (Å²) in [6.45, 7) is 0. The Bertz CT molecular complexity index is 1300. The summed E-state index contributed by atoms with van der Waals surface area (Å²) >= 11 is 2.74. The highest BCUT2D eigenvalue weighted by atomic mass is 32.2. The first-order chi connectivity index (χ1) is 16.7. The lowest BCUT2D eigenvalue weighted by Crippen LogP contribution is -2.19. The number of carbonyl (C=O) groups is 2. The SMILES string of the molecule is O=C(CSc1n[nH]c(-c2ccncc2)n1)Nc1sc2c(c1C(=O)Nc1ccccc1)CCCC2. The Morgan fingerprint density at radius 1 is 1.03 bits per heavy atom. The summed E-state index contributed by atoms with van der Waals surface area (Å²) in [5, 5.41) is 14.1. The van der Waals surface area contributed by atoms with Crippen molar-refractivity contribution in [3.8, 4) is 11.4 Å². The van der Waals surface area contributed by atoms with E-state index in [1.807, 2.05) is 42.5 Å². The number of anilines is 2. The van der Waals surface area contributed by atoms with E-state index < -0.39 is 0 Å². The van der Waals surface area contributed by atoms with Crippen molar-refractivity contribution < 1.29 is 9.59 Å². The molecule has 10 heteroatoms. The van der Waals surface area contributed by atoms with Crippen molar-refractivity contribution in [2.45, 2.75) is 30.8 Å². The van der Waals surface area contributed by atoms with Gasteiger partial charge in [0.05, 0.1) is 11.3 Å². The minimum Gasteiger partial charge on any atom is -0.322 e. The second kappa shape index (κ2) is 10.2. The van der Waals surface area contributed by atoms with E-state index in [0.29, 0.717) is 21.5 Å². The van der Waals surface area contributed by atoms with Crippen molar-refractivity contribution in [1.29, 1.82) is 0 Å². The molecule has 0 unspecified atom stereocenters. The van der Waals surface area contributed by atoms with Crippen molar-refractivity contribution in [2.75, 3.05) is 16.4 Å². The van der Waals surface area contributed by atoms with Gasteiger partial charge in [0.15, 0.2) is 5.82 Å². The van der Waals surface area contributed by atoms with Crippen molar-refractivity contribution in [3.05, 3.63) is 70.9 Å². The first-order valence-electron chi connectivity index (χ1n) is 10.9. The van der Waals surface area contributed by atoms with Crippen LogP contribution in [0.25, 0.3) is 11.4 Å². The molecule has 4 aromatic rings. The minimum absolute atomic E-state index is 0.135. The van der Waals surface area contributed by atoms with E-state index in [2.05, 4.69) is 30.8 Å². The molecule has 8 nitrogen and oxygen atoms in total. The summed E-state index contributed by atoms with van der Waals surface area (Å²) in [6, 6.07) is 13.0. The average Bonchev–Trinajstić information content (AvgIpc) is 3.48. The second-order valence-corrected chi connectivity index (χ2v) is 9.82. The molecule has 2 amide bonds. The maximum Gasteiger partial charge on any atom is 0.258 e. The Morgan fingerprint density at radius 3 is 2.65 bits per heavy atom. The molecule has 5 rings (SSSR count). The number of aromatic nitrogens is 4. The van der Waals surface area contributed by atoms with E-state index in [4.69, 9.17) is 0 Å². The van der Waals surface area contributed by atoms with Crippen molar-refractivity contribution in [3.63, 3.8) is 0 Å². The normalized spacial score (nSPS) is 12.7. The molecule has 34 heavy (non-hydrogen) atoms. The van der Waals surface area contributed by atoms with E-state index in [-0.39, 0.29) is 17.6 Å². The predicted molar refractivity (Wildman–Crippen MR) is 134 cm³/mol. The Hall–Kier alpha value is -3.50.